The molecule has 9 nitrogen and oxygen atoms in total. The Labute approximate surface area is 410 Å². The highest BCUT2D eigenvalue weighted by Crippen LogP contribution is 2.61. The normalized spacial score (nSPS) is 13.3. The Hall–Kier alpha value is -4.80. The predicted molar refractivity (Wildman–Crippen MR) is 268 cm³/mol. The van der Waals surface area contributed by atoms with Gasteiger partial charge in [0.2, 0.25) is 0 Å². The molecule has 0 saturated carbocycles. The number of carbonyl (C=O) groups excluding carboxylic acids is 6. The fourth-order valence-corrected chi connectivity index (χ4v) is 9.99. The number of benzene rings is 3. The number of rotatable bonds is 36. The van der Waals surface area contributed by atoms with Gasteiger partial charge < -0.3 is 14.2 Å². The Bertz CT molecular complexity index is 1640. The van der Waals surface area contributed by atoms with Gasteiger partial charge in [0.1, 0.15) is 17.2 Å². The molecule has 9 heteroatoms. The van der Waals surface area contributed by atoms with Crippen molar-refractivity contribution in [3.05, 3.63) is 88.0 Å². The zero-order valence-electron chi connectivity index (χ0n) is 42.4. The molecule has 0 unspecified atom stereocenters. The highest BCUT2D eigenvalue weighted by atomic mass is 16.5. The maximum absolute atomic E-state index is 8.12. The predicted octanol–water partition coefficient (Wildman–Crippen LogP) is 15.8. The van der Waals surface area contributed by atoms with E-state index in [0.717, 1.165) is 56.3 Å². The largest absolute Gasteiger partial charge is 0.493 e. The minimum atomic E-state index is 0.0386. The van der Waals surface area contributed by atoms with E-state index in [1.807, 2.05) is 0 Å². The first-order valence-corrected chi connectivity index (χ1v) is 26.8. The number of hydrogen-bond donors (Lipinski definition) is 0. The maximum atomic E-state index is 8.12. The Balaban J connectivity index is 0.00000163. The van der Waals surface area contributed by atoms with E-state index in [0.29, 0.717) is 0 Å². The molecule has 2 bridgehead atoms. The van der Waals surface area contributed by atoms with Gasteiger partial charge in [-0.3, -0.25) is 0 Å². The maximum Gasteiger partial charge on any atom is 0.373 e. The molecule has 6 rings (SSSR count). The lowest BCUT2D eigenvalue weighted by Crippen LogP contribution is -2.29. The Morgan fingerprint density at radius 1 is 0.309 bits per heavy atom. The van der Waals surface area contributed by atoms with Crippen molar-refractivity contribution < 1.29 is 43.0 Å². The van der Waals surface area contributed by atoms with Crippen molar-refractivity contribution in [1.82, 2.24) is 0 Å². The van der Waals surface area contributed by atoms with E-state index in [4.69, 9.17) is 43.0 Å². The van der Waals surface area contributed by atoms with Crippen LogP contribution in [0, 0.1) is 0 Å². The van der Waals surface area contributed by atoms with Gasteiger partial charge in [0.15, 0.2) is 0 Å². The molecule has 0 radical (unpaired) electrons. The van der Waals surface area contributed by atoms with Crippen LogP contribution in [0.3, 0.4) is 0 Å². The second-order valence-electron chi connectivity index (χ2n) is 18.5. The summed E-state index contributed by atoms with van der Waals surface area (Å²) in [5, 5.41) is 0. The summed E-state index contributed by atoms with van der Waals surface area (Å²) in [6, 6.07) is 20.5. The van der Waals surface area contributed by atoms with Crippen LogP contribution in [-0.2, 0) is 28.8 Å². The summed E-state index contributed by atoms with van der Waals surface area (Å²) in [6.07, 6.45) is 40.7. The zero-order chi connectivity index (χ0) is 49.3. The minimum Gasteiger partial charge on any atom is -0.493 e. The van der Waals surface area contributed by atoms with Crippen LogP contribution < -0.4 is 14.2 Å². The Kier molecular flexibility index (Phi) is 35.0. The molecule has 3 aromatic carbocycles. The molecule has 0 fully saturated rings. The van der Waals surface area contributed by atoms with E-state index in [9.17, 15) is 0 Å². The van der Waals surface area contributed by atoms with Gasteiger partial charge in [0.05, 0.1) is 19.8 Å². The summed E-state index contributed by atoms with van der Waals surface area (Å²) >= 11 is 0. The molecule has 0 amide bonds. The van der Waals surface area contributed by atoms with Crippen molar-refractivity contribution in [2.24, 2.45) is 0 Å². The average Bonchev–Trinajstić information content (AvgIpc) is 3.34. The molecule has 0 heterocycles. The van der Waals surface area contributed by atoms with Crippen molar-refractivity contribution in [3.63, 3.8) is 0 Å². The standard InChI is InChI=1S/C56H86O3.3CO2/c1-4-7-10-13-16-19-22-25-28-31-43-57-49-40-34-37-46-52-47-38-35-41-50(58-44-32-29-26-23-20-17-14-11-8-5-2)54(47)56(53(46)49)55-48(52)39-36-42-51(55)59-45-33-30-27-24-21-18-15-12-9-6-3;3*2-1-3/h34-42,52,56H,4-33,43-45H2,1-3H3;;;. The van der Waals surface area contributed by atoms with Crippen LogP contribution in [0.15, 0.2) is 54.6 Å². The van der Waals surface area contributed by atoms with Gasteiger partial charge >= 0.3 is 18.5 Å². The summed E-state index contributed by atoms with van der Waals surface area (Å²) < 4.78 is 20.4. The van der Waals surface area contributed by atoms with Crippen LogP contribution in [0.2, 0.25) is 0 Å². The number of unbranched alkanes of at least 4 members (excludes halogenated alkanes) is 27. The lowest BCUT2D eigenvalue weighted by molar-refractivity contribution is -0.193. The number of hydrogen-bond acceptors (Lipinski definition) is 9. The van der Waals surface area contributed by atoms with Crippen molar-refractivity contribution in [1.29, 1.82) is 0 Å². The smallest absolute Gasteiger partial charge is 0.373 e. The van der Waals surface area contributed by atoms with Gasteiger partial charge in [-0.25, -0.2) is 0 Å². The van der Waals surface area contributed by atoms with Crippen LogP contribution in [0.25, 0.3) is 0 Å². The van der Waals surface area contributed by atoms with E-state index in [1.54, 1.807) is 0 Å². The molecule has 0 atom stereocenters. The van der Waals surface area contributed by atoms with Gasteiger partial charge in [-0.05, 0) is 54.2 Å². The Morgan fingerprint density at radius 2 is 0.515 bits per heavy atom. The third-order valence-corrected chi connectivity index (χ3v) is 13.4. The van der Waals surface area contributed by atoms with Gasteiger partial charge in [-0.15, -0.1) is 0 Å². The summed E-state index contributed by atoms with van der Waals surface area (Å²) in [7, 11) is 0. The monoisotopic (exact) mass is 939 g/mol. The fraction of sp³-hybridized carbons (Fsp3) is 0.644. The van der Waals surface area contributed by atoms with Crippen LogP contribution in [0.5, 0.6) is 17.2 Å². The van der Waals surface area contributed by atoms with Gasteiger partial charge in [0.25, 0.3) is 0 Å². The molecule has 3 aliphatic rings. The molecule has 3 aromatic rings. The third kappa shape index (κ3) is 22.1. The first-order chi connectivity index (χ1) is 33.5. The Morgan fingerprint density at radius 3 is 0.735 bits per heavy atom. The summed E-state index contributed by atoms with van der Waals surface area (Å²) in [5.74, 6) is 3.36. The van der Waals surface area contributed by atoms with Crippen molar-refractivity contribution in [2.75, 3.05) is 19.8 Å². The molecule has 0 aliphatic heterocycles. The molecular weight excluding hydrogens is 853 g/mol. The quantitative estimate of drug-likeness (QED) is 0.0360. The first kappa shape index (κ1) is 59.3. The molecule has 0 aromatic heterocycles. The van der Waals surface area contributed by atoms with Gasteiger partial charge in [-0.2, -0.15) is 28.8 Å². The van der Waals surface area contributed by atoms with Crippen LogP contribution >= 0.6 is 0 Å². The van der Waals surface area contributed by atoms with Crippen LogP contribution in [0.1, 0.15) is 259 Å². The van der Waals surface area contributed by atoms with E-state index in [-0.39, 0.29) is 30.3 Å². The molecule has 3 aliphatic carbocycles. The SMILES string of the molecule is CCCCCCCCCCCCOc1cccc2c1C1c3c(OCCCCCCCCCCCC)cccc3C2c2cccc(OCCCCCCCCCCCC)c21.O=C=O.O=C=O.O=C=O. The summed E-state index contributed by atoms with van der Waals surface area (Å²) in [6.45, 7) is 9.23. The van der Waals surface area contributed by atoms with Gasteiger partial charge in [-0.1, -0.05) is 231 Å². The number of ether oxygens (including phenoxy) is 3. The van der Waals surface area contributed by atoms with Crippen molar-refractivity contribution in [3.8, 4) is 17.2 Å². The average molecular weight is 939 g/mol. The molecule has 0 spiro atoms. The topological polar surface area (TPSA) is 130 Å². The van der Waals surface area contributed by atoms with E-state index in [2.05, 4.69) is 75.4 Å². The van der Waals surface area contributed by atoms with Crippen LogP contribution in [0.4, 0.5) is 0 Å². The fourth-order valence-electron chi connectivity index (χ4n) is 9.99. The van der Waals surface area contributed by atoms with Crippen molar-refractivity contribution in [2.45, 2.75) is 225 Å². The van der Waals surface area contributed by atoms with Crippen LogP contribution in [-0.4, -0.2) is 38.3 Å². The summed E-state index contributed by atoms with van der Waals surface area (Å²) in [5.41, 5.74) is 8.22. The van der Waals surface area contributed by atoms with Gasteiger partial charge in [0, 0.05) is 28.5 Å². The molecule has 68 heavy (non-hydrogen) atoms. The minimum absolute atomic E-state index is 0.0386. The summed E-state index contributed by atoms with van der Waals surface area (Å²) in [4.78, 5) is 48.8. The molecule has 0 saturated heterocycles. The van der Waals surface area contributed by atoms with Crippen molar-refractivity contribution >= 4 is 18.5 Å². The molecule has 376 valence electrons. The van der Waals surface area contributed by atoms with E-state index >= 15 is 0 Å². The highest BCUT2D eigenvalue weighted by molar-refractivity contribution is 5.74. The second-order valence-corrected chi connectivity index (χ2v) is 18.5. The first-order valence-electron chi connectivity index (χ1n) is 26.8. The third-order valence-electron chi connectivity index (χ3n) is 13.4. The highest BCUT2D eigenvalue weighted by Gasteiger charge is 2.46. The zero-order valence-corrected chi connectivity index (χ0v) is 42.4. The lowest BCUT2D eigenvalue weighted by atomic mass is 9.60. The molecule has 0 N–H and O–H groups in total. The lowest BCUT2D eigenvalue weighted by Gasteiger charge is -2.44. The van der Waals surface area contributed by atoms with E-state index < -0.39 is 0 Å². The second kappa shape index (κ2) is 40.1. The van der Waals surface area contributed by atoms with E-state index in [1.165, 1.54) is 207 Å². The molecular formula is C59H86O9.